The number of morpholine rings is 1. The van der Waals surface area contributed by atoms with Crippen molar-refractivity contribution in [2.45, 2.75) is 45.8 Å². The predicted molar refractivity (Wildman–Crippen MR) is 77.5 cm³/mol. The fraction of sp³-hybridized carbons (Fsp3) is 1.00. The minimum Gasteiger partial charge on any atom is -0.379 e. The molecule has 1 saturated heterocycles. The van der Waals surface area contributed by atoms with Gasteiger partial charge in [0.2, 0.25) is 0 Å². The molecule has 0 radical (unpaired) electrons. The van der Waals surface area contributed by atoms with Crippen molar-refractivity contribution in [3.05, 3.63) is 0 Å². The molecule has 1 aliphatic heterocycles. The van der Waals surface area contributed by atoms with Gasteiger partial charge in [0, 0.05) is 31.2 Å². The first-order valence-electron chi connectivity index (χ1n) is 7.79. The van der Waals surface area contributed by atoms with E-state index in [-0.39, 0.29) is 5.41 Å². The van der Waals surface area contributed by atoms with Gasteiger partial charge in [-0.15, -0.1) is 0 Å². The molecule has 0 spiro atoms. The molecular weight excluding hydrogens is 240 g/mol. The molecule has 2 atom stereocenters. The molecule has 4 heteroatoms. The Labute approximate surface area is 117 Å². The largest absolute Gasteiger partial charge is 0.379 e. The number of nitrogens with one attached hydrogen (secondary N) is 1. The number of rotatable bonds is 7. The quantitative estimate of drug-likeness (QED) is 0.711. The lowest BCUT2D eigenvalue weighted by molar-refractivity contribution is -0.114. The summed E-state index contributed by atoms with van der Waals surface area (Å²) in [6.07, 6.45) is 2.83. The molecule has 2 aliphatic rings. The third-order valence-corrected chi connectivity index (χ3v) is 4.69. The van der Waals surface area contributed by atoms with E-state index in [1.165, 1.54) is 19.4 Å². The monoisotopic (exact) mass is 270 g/mol. The maximum absolute atomic E-state index is 5.76. The van der Waals surface area contributed by atoms with Gasteiger partial charge in [-0.3, -0.25) is 4.90 Å². The molecule has 0 amide bonds. The molecule has 0 aromatic carbocycles. The minimum absolute atomic E-state index is 0.287. The summed E-state index contributed by atoms with van der Waals surface area (Å²) >= 11 is 0. The lowest BCUT2D eigenvalue weighted by atomic mass is 9.64. The lowest BCUT2D eigenvalue weighted by Crippen LogP contribution is -2.61. The molecule has 112 valence electrons. The standard InChI is InChI=1S/C15H30N2O2/c1-4-19-14-12-13(15(14,2)3)16-6-5-7-17-8-10-18-11-9-17/h13-14,16H,4-12H2,1-3H3. The van der Waals surface area contributed by atoms with Crippen LogP contribution in [0.2, 0.25) is 0 Å². The van der Waals surface area contributed by atoms with E-state index in [2.05, 4.69) is 31.0 Å². The van der Waals surface area contributed by atoms with Gasteiger partial charge in [-0.05, 0) is 32.9 Å². The zero-order valence-corrected chi connectivity index (χ0v) is 12.8. The number of ether oxygens (including phenoxy) is 2. The maximum atomic E-state index is 5.76. The van der Waals surface area contributed by atoms with Crippen molar-refractivity contribution in [1.29, 1.82) is 0 Å². The zero-order valence-electron chi connectivity index (χ0n) is 12.8. The highest BCUT2D eigenvalue weighted by molar-refractivity contribution is 5.02. The van der Waals surface area contributed by atoms with E-state index in [0.717, 1.165) is 39.5 Å². The van der Waals surface area contributed by atoms with E-state index < -0.39 is 0 Å². The van der Waals surface area contributed by atoms with E-state index in [1.807, 2.05) is 0 Å². The van der Waals surface area contributed by atoms with E-state index in [9.17, 15) is 0 Å². The van der Waals surface area contributed by atoms with Crippen molar-refractivity contribution in [2.24, 2.45) is 5.41 Å². The van der Waals surface area contributed by atoms with Gasteiger partial charge < -0.3 is 14.8 Å². The topological polar surface area (TPSA) is 33.7 Å². The van der Waals surface area contributed by atoms with E-state index >= 15 is 0 Å². The van der Waals surface area contributed by atoms with Gasteiger partial charge in [0.15, 0.2) is 0 Å². The Balaban J connectivity index is 1.56. The highest BCUT2D eigenvalue weighted by Crippen LogP contribution is 2.42. The smallest absolute Gasteiger partial charge is 0.0655 e. The molecule has 1 aliphatic carbocycles. The lowest BCUT2D eigenvalue weighted by Gasteiger charge is -2.52. The Morgan fingerprint density at radius 2 is 2.05 bits per heavy atom. The first kappa shape index (κ1) is 15.2. The van der Waals surface area contributed by atoms with Crippen LogP contribution in [0.3, 0.4) is 0 Å². The van der Waals surface area contributed by atoms with Crippen molar-refractivity contribution in [3.63, 3.8) is 0 Å². The zero-order chi connectivity index (χ0) is 13.7. The van der Waals surface area contributed by atoms with Gasteiger partial charge in [-0.1, -0.05) is 13.8 Å². The van der Waals surface area contributed by atoms with Gasteiger partial charge in [-0.2, -0.15) is 0 Å². The fourth-order valence-electron chi connectivity index (χ4n) is 3.12. The SMILES string of the molecule is CCOC1CC(NCCCN2CCOCC2)C1(C)C. The molecule has 1 heterocycles. The summed E-state index contributed by atoms with van der Waals surface area (Å²) in [7, 11) is 0. The molecule has 1 saturated carbocycles. The average Bonchev–Trinajstić information content (AvgIpc) is 2.42. The second-order valence-corrected chi connectivity index (χ2v) is 6.32. The first-order valence-corrected chi connectivity index (χ1v) is 7.79. The van der Waals surface area contributed by atoms with Crippen LogP contribution >= 0.6 is 0 Å². The normalized spacial score (nSPS) is 31.1. The Hall–Kier alpha value is -0.160. The van der Waals surface area contributed by atoms with Gasteiger partial charge >= 0.3 is 0 Å². The van der Waals surface area contributed by atoms with Crippen LogP contribution in [0.15, 0.2) is 0 Å². The second-order valence-electron chi connectivity index (χ2n) is 6.32. The molecule has 2 fully saturated rings. The van der Waals surface area contributed by atoms with Crippen LogP contribution in [-0.4, -0.2) is 63.0 Å². The number of hydrogen-bond donors (Lipinski definition) is 1. The summed E-state index contributed by atoms with van der Waals surface area (Å²) in [5, 5.41) is 3.70. The summed E-state index contributed by atoms with van der Waals surface area (Å²) in [5.41, 5.74) is 0.287. The van der Waals surface area contributed by atoms with Gasteiger partial charge in [0.1, 0.15) is 0 Å². The molecule has 2 rings (SSSR count). The third-order valence-electron chi connectivity index (χ3n) is 4.69. The average molecular weight is 270 g/mol. The molecule has 0 aromatic rings. The second kappa shape index (κ2) is 7.02. The Kier molecular flexibility index (Phi) is 5.63. The van der Waals surface area contributed by atoms with E-state index in [0.29, 0.717) is 12.1 Å². The summed E-state index contributed by atoms with van der Waals surface area (Å²) in [4.78, 5) is 2.50. The molecule has 0 bridgehead atoms. The van der Waals surface area contributed by atoms with Crippen molar-refractivity contribution in [3.8, 4) is 0 Å². The van der Waals surface area contributed by atoms with Gasteiger partial charge in [0.05, 0.1) is 19.3 Å². The van der Waals surface area contributed by atoms with E-state index in [1.54, 1.807) is 0 Å². The highest BCUT2D eigenvalue weighted by Gasteiger charge is 2.48. The molecule has 0 aromatic heterocycles. The Morgan fingerprint density at radius 1 is 1.32 bits per heavy atom. The van der Waals surface area contributed by atoms with Gasteiger partial charge in [-0.25, -0.2) is 0 Å². The fourth-order valence-corrected chi connectivity index (χ4v) is 3.12. The van der Waals surface area contributed by atoms with Crippen LogP contribution in [0.5, 0.6) is 0 Å². The molecular formula is C15H30N2O2. The minimum atomic E-state index is 0.287. The predicted octanol–water partition coefficient (Wildman–Crippen LogP) is 1.50. The summed E-state index contributed by atoms with van der Waals surface area (Å²) in [6, 6.07) is 0.619. The third kappa shape index (κ3) is 3.91. The van der Waals surface area contributed by atoms with Crippen LogP contribution in [0, 0.1) is 5.41 Å². The Morgan fingerprint density at radius 3 is 2.68 bits per heavy atom. The van der Waals surface area contributed by atoms with Crippen LogP contribution in [0.25, 0.3) is 0 Å². The van der Waals surface area contributed by atoms with Crippen LogP contribution in [-0.2, 0) is 9.47 Å². The van der Waals surface area contributed by atoms with Gasteiger partial charge in [0.25, 0.3) is 0 Å². The van der Waals surface area contributed by atoms with E-state index in [4.69, 9.17) is 9.47 Å². The molecule has 2 unspecified atom stereocenters. The Bertz CT molecular complexity index is 265. The van der Waals surface area contributed by atoms with Crippen molar-refractivity contribution < 1.29 is 9.47 Å². The van der Waals surface area contributed by atoms with Crippen molar-refractivity contribution in [1.82, 2.24) is 10.2 Å². The maximum Gasteiger partial charge on any atom is 0.0655 e. The number of hydrogen-bond acceptors (Lipinski definition) is 4. The van der Waals surface area contributed by atoms with Crippen LogP contribution in [0.1, 0.15) is 33.6 Å². The summed E-state index contributed by atoms with van der Waals surface area (Å²) < 4.78 is 11.1. The van der Waals surface area contributed by atoms with Crippen molar-refractivity contribution in [2.75, 3.05) is 46.0 Å². The molecule has 1 N–H and O–H groups in total. The number of nitrogens with zero attached hydrogens (tertiary/aromatic N) is 1. The highest BCUT2D eigenvalue weighted by atomic mass is 16.5. The van der Waals surface area contributed by atoms with Crippen LogP contribution < -0.4 is 5.32 Å². The summed E-state index contributed by atoms with van der Waals surface area (Å²) in [6.45, 7) is 13.9. The molecule has 19 heavy (non-hydrogen) atoms. The molecule has 4 nitrogen and oxygen atoms in total. The summed E-state index contributed by atoms with van der Waals surface area (Å²) in [5.74, 6) is 0. The van der Waals surface area contributed by atoms with Crippen LogP contribution in [0.4, 0.5) is 0 Å². The first-order chi connectivity index (χ1) is 9.14. The van der Waals surface area contributed by atoms with Crippen molar-refractivity contribution >= 4 is 0 Å².